The molecule has 0 bridgehead atoms. The van der Waals surface area contributed by atoms with Crippen molar-refractivity contribution in [2.75, 3.05) is 7.05 Å². The van der Waals surface area contributed by atoms with Gasteiger partial charge >= 0.3 is 0 Å². The molecule has 1 amide bonds. The van der Waals surface area contributed by atoms with Gasteiger partial charge < -0.3 is 11.1 Å². The van der Waals surface area contributed by atoms with Crippen molar-refractivity contribution in [2.45, 2.75) is 15.6 Å². The number of hydrogen-bond acceptors (Lipinski definition) is 5. The van der Waals surface area contributed by atoms with Gasteiger partial charge in [0.05, 0.1) is 4.90 Å². The van der Waals surface area contributed by atoms with Gasteiger partial charge in [-0.05, 0) is 36.4 Å². The molecule has 0 saturated heterocycles. The maximum Gasteiger partial charge on any atom is 0.251 e. The van der Waals surface area contributed by atoms with Crippen molar-refractivity contribution < 1.29 is 13.2 Å². The molecular weight excluding hydrogens is 332 g/mol. The molecule has 0 aliphatic carbocycles. The van der Waals surface area contributed by atoms with Crippen LogP contribution >= 0.6 is 23.7 Å². The van der Waals surface area contributed by atoms with Crippen LogP contribution in [0.1, 0.15) is 15.2 Å². The minimum absolute atomic E-state index is 0. The van der Waals surface area contributed by atoms with E-state index in [1.807, 2.05) is 0 Å². The summed E-state index contributed by atoms with van der Waals surface area (Å²) in [6.45, 7) is 0.315. The van der Waals surface area contributed by atoms with Crippen molar-refractivity contribution in [3.05, 3.63) is 46.8 Å². The minimum Gasteiger partial charge on any atom is -0.355 e. The third-order valence-corrected chi connectivity index (χ3v) is 6.13. The van der Waals surface area contributed by atoms with E-state index in [0.717, 1.165) is 16.2 Å². The van der Waals surface area contributed by atoms with Gasteiger partial charge in [0.15, 0.2) is 0 Å². The molecule has 0 radical (unpaired) electrons. The first kappa shape index (κ1) is 17.6. The van der Waals surface area contributed by atoms with Crippen molar-refractivity contribution in [2.24, 2.45) is 5.73 Å². The van der Waals surface area contributed by atoms with E-state index in [2.05, 4.69) is 5.32 Å². The van der Waals surface area contributed by atoms with Gasteiger partial charge in [0.2, 0.25) is 9.84 Å². The molecule has 2 aromatic rings. The van der Waals surface area contributed by atoms with E-state index in [1.165, 1.54) is 31.3 Å². The van der Waals surface area contributed by atoms with Crippen LogP contribution in [0.2, 0.25) is 0 Å². The quantitative estimate of drug-likeness (QED) is 0.883. The first-order valence-electron chi connectivity index (χ1n) is 5.85. The van der Waals surface area contributed by atoms with Crippen molar-refractivity contribution >= 4 is 39.5 Å². The Labute approximate surface area is 133 Å². The largest absolute Gasteiger partial charge is 0.355 e. The van der Waals surface area contributed by atoms with Gasteiger partial charge in [-0.15, -0.1) is 23.7 Å². The molecule has 1 aromatic carbocycles. The Balaban J connectivity index is 0.00000220. The molecule has 0 atom stereocenters. The number of rotatable bonds is 4. The average molecular weight is 347 g/mol. The highest BCUT2D eigenvalue weighted by Gasteiger charge is 2.20. The lowest BCUT2D eigenvalue weighted by Crippen LogP contribution is -2.17. The lowest BCUT2D eigenvalue weighted by atomic mass is 10.2. The van der Waals surface area contributed by atoms with Gasteiger partial charge in [0.1, 0.15) is 4.21 Å². The van der Waals surface area contributed by atoms with Crippen LogP contribution in [0.3, 0.4) is 0 Å². The van der Waals surface area contributed by atoms with Crippen molar-refractivity contribution in [1.82, 2.24) is 5.32 Å². The SMILES string of the molecule is CNC(=O)c1ccc(S(=O)(=O)c2ccc(CN)s2)cc1.Cl. The number of benzene rings is 1. The van der Waals surface area contributed by atoms with E-state index in [-0.39, 0.29) is 27.4 Å². The van der Waals surface area contributed by atoms with Crippen LogP contribution < -0.4 is 11.1 Å². The number of thiophene rings is 1. The van der Waals surface area contributed by atoms with E-state index >= 15 is 0 Å². The van der Waals surface area contributed by atoms with Crippen molar-refractivity contribution in [3.63, 3.8) is 0 Å². The van der Waals surface area contributed by atoms with Crippen LogP contribution in [-0.4, -0.2) is 21.4 Å². The molecule has 3 N–H and O–H groups in total. The average Bonchev–Trinajstić information content (AvgIpc) is 2.96. The molecule has 2 rings (SSSR count). The number of amides is 1. The Morgan fingerprint density at radius 1 is 1.19 bits per heavy atom. The molecule has 0 saturated carbocycles. The standard InChI is InChI=1S/C13H14N2O3S2.ClH/c1-15-13(16)9-2-5-11(6-3-9)20(17,18)12-7-4-10(8-14)19-12;/h2-7H,8,14H2,1H3,(H,15,16);1H. The van der Waals surface area contributed by atoms with Crippen LogP contribution in [-0.2, 0) is 16.4 Å². The second kappa shape index (κ2) is 7.04. The Morgan fingerprint density at radius 3 is 2.29 bits per heavy atom. The number of nitrogens with two attached hydrogens (primary N) is 1. The van der Waals surface area contributed by atoms with Gasteiger partial charge in [-0.3, -0.25) is 4.79 Å². The van der Waals surface area contributed by atoms with Crippen molar-refractivity contribution in [1.29, 1.82) is 0 Å². The van der Waals surface area contributed by atoms with Crippen LogP contribution in [0.5, 0.6) is 0 Å². The fraction of sp³-hybridized carbons (Fsp3) is 0.154. The van der Waals surface area contributed by atoms with Gasteiger partial charge in [-0.2, -0.15) is 0 Å². The summed E-state index contributed by atoms with van der Waals surface area (Å²) in [4.78, 5) is 12.4. The fourth-order valence-corrected chi connectivity index (χ4v) is 4.29. The smallest absolute Gasteiger partial charge is 0.251 e. The zero-order chi connectivity index (χ0) is 14.8. The second-order valence-corrected chi connectivity index (χ2v) is 7.38. The number of carbonyl (C=O) groups excluding carboxylic acids is 1. The number of nitrogens with one attached hydrogen (secondary N) is 1. The van der Waals surface area contributed by atoms with Crippen LogP contribution in [0.4, 0.5) is 0 Å². The number of carbonyl (C=O) groups is 1. The number of hydrogen-bond donors (Lipinski definition) is 2. The first-order valence-corrected chi connectivity index (χ1v) is 8.15. The van der Waals surface area contributed by atoms with Crippen LogP contribution in [0.15, 0.2) is 45.5 Å². The second-order valence-electron chi connectivity index (χ2n) is 4.03. The summed E-state index contributed by atoms with van der Waals surface area (Å²) in [5, 5.41) is 2.48. The highest BCUT2D eigenvalue weighted by molar-refractivity contribution is 7.93. The predicted octanol–water partition coefficient (Wildman–Crippen LogP) is 1.82. The molecule has 0 unspecified atom stereocenters. The Hall–Kier alpha value is -1.41. The van der Waals surface area contributed by atoms with E-state index in [4.69, 9.17) is 5.73 Å². The fourth-order valence-electron chi connectivity index (χ4n) is 1.66. The van der Waals surface area contributed by atoms with E-state index in [0.29, 0.717) is 12.1 Å². The molecule has 114 valence electrons. The van der Waals surface area contributed by atoms with Crippen LogP contribution in [0.25, 0.3) is 0 Å². The molecule has 0 spiro atoms. The summed E-state index contributed by atoms with van der Waals surface area (Å²) in [7, 11) is -2.03. The molecule has 21 heavy (non-hydrogen) atoms. The molecular formula is C13H15ClN2O3S2. The van der Waals surface area contributed by atoms with Gasteiger partial charge in [0, 0.05) is 24.0 Å². The number of sulfone groups is 1. The molecule has 1 heterocycles. The summed E-state index contributed by atoms with van der Waals surface area (Å²) in [6.07, 6.45) is 0. The van der Waals surface area contributed by atoms with Gasteiger partial charge in [-0.25, -0.2) is 8.42 Å². The van der Waals surface area contributed by atoms with Gasteiger partial charge in [-0.1, -0.05) is 0 Å². The van der Waals surface area contributed by atoms with Crippen LogP contribution in [0, 0.1) is 0 Å². The number of halogens is 1. The van der Waals surface area contributed by atoms with Gasteiger partial charge in [0.25, 0.3) is 5.91 Å². The van der Waals surface area contributed by atoms with E-state index < -0.39 is 9.84 Å². The van der Waals surface area contributed by atoms with E-state index in [9.17, 15) is 13.2 Å². The Kier molecular flexibility index (Phi) is 5.91. The molecule has 5 nitrogen and oxygen atoms in total. The molecule has 0 fully saturated rings. The maximum atomic E-state index is 12.4. The first-order chi connectivity index (χ1) is 9.48. The molecule has 8 heteroatoms. The van der Waals surface area contributed by atoms with E-state index in [1.54, 1.807) is 12.1 Å². The monoisotopic (exact) mass is 346 g/mol. The predicted molar refractivity (Wildman–Crippen MR) is 84.7 cm³/mol. The summed E-state index contributed by atoms with van der Waals surface area (Å²) >= 11 is 1.16. The lowest BCUT2D eigenvalue weighted by molar-refractivity contribution is 0.0963. The summed E-state index contributed by atoms with van der Waals surface area (Å²) < 4.78 is 25.0. The zero-order valence-electron chi connectivity index (χ0n) is 11.2. The molecule has 0 aliphatic heterocycles. The summed E-state index contributed by atoms with van der Waals surface area (Å²) in [6, 6.07) is 9.10. The summed E-state index contributed by atoms with van der Waals surface area (Å²) in [5.74, 6) is -0.254. The maximum absolute atomic E-state index is 12.4. The Morgan fingerprint density at radius 2 is 1.81 bits per heavy atom. The normalized spacial score (nSPS) is 10.8. The Bertz CT molecular complexity index is 724. The third-order valence-electron chi connectivity index (χ3n) is 2.76. The minimum atomic E-state index is -3.55. The molecule has 0 aliphatic rings. The summed E-state index contributed by atoms with van der Waals surface area (Å²) in [5.41, 5.74) is 5.90. The highest BCUT2D eigenvalue weighted by Crippen LogP contribution is 2.27. The lowest BCUT2D eigenvalue weighted by Gasteiger charge is -2.03. The third kappa shape index (κ3) is 3.62. The highest BCUT2D eigenvalue weighted by atomic mass is 35.5. The molecule has 1 aromatic heterocycles. The topological polar surface area (TPSA) is 89.3 Å². The zero-order valence-corrected chi connectivity index (χ0v) is 13.6. The van der Waals surface area contributed by atoms with Crippen molar-refractivity contribution in [3.8, 4) is 0 Å².